The number of carbonyl (C=O) groups excluding carboxylic acids is 2. The van der Waals surface area contributed by atoms with Gasteiger partial charge in [-0.25, -0.2) is 4.90 Å². The first-order valence-corrected chi connectivity index (χ1v) is 9.10. The number of anilines is 1. The largest absolute Gasteiger partial charge is 0.417 e. The Bertz CT molecular complexity index is 1020. The van der Waals surface area contributed by atoms with Crippen molar-refractivity contribution >= 4 is 50.7 Å². The molecule has 0 aliphatic carbocycles. The lowest BCUT2D eigenvalue weighted by atomic mass is 9.94. The molecule has 0 unspecified atom stereocenters. The van der Waals surface area contributed by atoms with Crippen molar-refractivity contribution in [3.63, 3.8) is 0 Å². The number of carbonyl (C=O) groups is 2. The molecule has 0 aromatic heterocycles. The normalized spacial score (nSPS) is 21.6. The number of imide groups is 1. The van der Waals surface area contributed by atoms with Gasteiger partial charge in [-0.05, 0) is 30.3 Å². The monoisotopic (exact) mass is 472 g/mol. The Morgan fingerprint density at radius 3 is 2.39 bits per heavy atom. The van der Waals surface area contributed by atoms with Gasteiger partial charge in [0.05, 0.1) is 16.3 Å². The second-order valence-corrected chi connectivity index (χ2v) is 7.48. The molecule has 2 aromatic rings. The van der Waals surface area contributed by atoms with Crippen LogP contribution in [0.5, 0.6) is 0 Å². The fourth-order valence-electron chi connectivity index (χ4n) is 3.16. The number of benzene rings is 2. The van der Waals surface area contributed by atoms with Gasteiger partial charge in [-0.2, -0.15) is 13.2 Å². The van der Waals surface area contributed by atoms with Crippen molar-refractivity contribution in [2.45, 2.75) is 12.3 Å². The summed E-state index contributed by atoms with van der Waals surface area (Å²) in [5, 5.41) is 3.33. The summed E-state index contributed by atoms with van der Waals surface area (Å²) in [5.74, 6) is -2.51. The lowest BCUT2D eigenvalue weighted by Gasteiger charge is -2.18. The van der Waals surface area contributed by atoms with Gasteiger partial charge in [0.1, 0.15) is 11.6 Å². The van der Waals surface area contributed by atoms with Gasteiger partial charge >= 0.3 is 6.18 Å². The second-order valence-electron chi connectivity index (χ2n) is 6.16. The molecule has 2 amide bonds. The number of fused-ring (bicyclic) bond motifs is 1. The Morgan fingerprint density at radius 1 is 1.07 bits per heavy atom. The summed E-state index contributed by atoms with van der Waals surface area (Å²) in [6.07, 6.45) is -5.94. The van der Waals surface area contributed by atoms with Gasteiger partial charge in [0.2, 0.25) is 12.0 Å². The number of rotatable bonds is 2. The van der Waals surface area contributed by atoms with E-state index < -0.39 is 40.6 Å². The SMILES string of the molecule is O=C1[C@@H]2C(c3ccc(Br)cc3)=NO[C@@H]2C(=O)N1c1ccc(Cl)c(C(F)(F)F)c1. The molecule has 2 aromatic carbocycles. The molecule has 1 saturated heterocycles. The standard InChI is InChI=1S/C18H9BrClF3N2O3/c19-9-3-1-8(2-4-9)14-13-15(28-24-14)17(27)25(16(13)26)10-5-6-12(20)11(7-10)18(21,22)23/h1-7,13,15H/t13-,15+/m1/s1. The van der Waals surface area contributed by atoms with Crippen LogP contribution in [-0.4, -0.2) is 23.6 Å². The Morgan fingerprint density at radius 2 is 1.75 bits per heavy atom. The highest BCUT2D eigenvalue weighted by Crippen LogP contribution is 2.40. The van der Waals surface area contributed by atoms with Crippen LogP contribution in [0.25, 0.3) is 0 Å². The Balaban J connectivity index is 1.71. The molecule has 0 spiro atoms. The number of amides is 2. The first-order chi connectivity index (χ1) is 13.2. The minimum atomic E-state index is -4.73. The molecule has 10 heteroatoms. The molecule has 2 aliphatic heterocycles. The molecular weight excluding hydrogens is 465 g/mol. The zero-order chi connectivity index (χ0) is 20.2. The summed E-state index contributed by atoms with van der Waals surface area (Å²) < 4.78 is 40.2. The molecule has 1 fully saturated rings. The van der Waals surface area contributed by atoms with Crippen LogP contribution in [0.4, 0.5) is 18.9 Å². The topological polar surface area (TPSA) is 59.0 Å². The van der Waals surface area contributed by atoms with E-state index in [9.17, 15) is 22.8 Å². The fourth-order valence-corrected chi connectivity index (χ4v) is 3.65. The van der Waals surface area contributed by atoms with Gasteiger partial charge < -0.3 is 4.84 Å². The van der Waals surface area contributed by atoms with Crippen molar-refractivity contribution < 1.29 is 27.6 Å². The molecule has 4 rings (SSSR count). The first kappa shape index (κ1) is 18.9. The molecule has 2 aliphatic rings. The lowest BCUT2D eigenvalue weighted by molar-refractivity contribution is -0.137. The fraction of sp³-hybridized carbons (Fsp3) is 0.167. The summed E-state index contributed by atoms with van der Waals surface area (Å²) in [7, 11) is 0. The third kappa shape index (κ3) is 2.98. The highest BCUT2D eigenvalue weighted by Gasteiger charge is 2.56. The summed E-state index contributed by atoms with van der Waals surface area (Å²) in [6, 6.07) is 9.72. The quantitative estimate of drug-likeness (QED) is 0.607. The third-order valence-electron chi connectivity index (χ3n) is 4.47. The van der Waals surface area contributed by atoms with E-state index in [-0.39, 0.29) is 11.4 Å². The van der Waals surface area contributed by atoms with Crippen LogP contribution in [-0.2, 0) is 20.6 Å². The average Bonchev–Trinajstić information content (AvgIpc) is 3.16. The smallest absolute Gasteiger partial charge is 0.381 e. The zero-order valence-electron chi connectivity index (χ0n) is 13.7. The molecule has 5 nitrogen and oxygen atoms in total. The van der Waals surface area contributed by atoms with E-state index in [4.69, 9.17) is 16.4 Å². The minimum absolute atomic E-state index is 0.222. The Hall–Kier alpha value is -2.39. The summed E-state index contributed by atoms with van der Waals surface area (Å²) >= 11 is 8.91. The molecule has 0 bridgehead atoms. The summed E-state index contributed by atoms with van der Waals surface area (Å²) in [4.78, 5) is 31.4. The molecule has 0 N–H and O–H groups in total. The molecule has 144 valence electrons. The van der Waals surface area contributed by atoms with E-state index in [0.717, 1.165) is 10.5 Å². The van der Waals surface area contributed by atoms with Crippen LogP contribution in [0.2, 0.25) is 5.02 Å². The van der Waals surface area contributed by atoms with Gasteiger partial charge in [0.25, 0.3) is 5.91 Å². The van der Waals surface area contributed by atoms with Crippen LogP contribution in [0.3, 0.4) is 0 Å². The van der Waals surface area contributed by atoms with Crippen LogP contribution < -0.4 is 4.90 Å². The van der Waals surface area contributed by atoms with Crippen molar-refractivity contribution in [1.29, 1.82) is 0 Å². The first-order valence-electron chi connectivity index (χ1n) is 7.92. The average molecular weight is 474 g/mol. The van der Waals surface area contributed by atoms with Crippen molar-refractivity contribution in [3.05, 3.63) is 63.1 Å². The van der Waals surface area contributed by atoms with Crippen molar-refractivity contribution in [2.75, 3.05) is 4.90 Å². The molecule has 2 heterocycles. The molecule has 0 radical (unpaired) electrons. The third-order valence-corrected chi connectivity index (χ3v) is 5.32. The van der Waals surface area contributed by atoms with Crippen LogP contribution in [0.1, 0.15) is 11.1 Å². The number of alkyl halides is 3. The lowest BCUT2D eigenvalue weighted by Crippen LogP contribution is -2.33. The zero-order valence-corrected chi connectivity index (χ0v) is 16.0. The predicted molar refractivity (Wildman–Crippen MR) is 98.0 cm³/mol. The van der Waals surface area contributed by atoms with E-state index in [1.807, 2.05) is 0 Å². The van der Waals surface area contributed by atoms with E-state index in [1.54, 1.807) is 24.3 Å². The Labute approximate surface area is 169 Å². The molecule has 28 heavy (non-hydrogen) atoms. The van der Waals surface area contributed by atoms with Gasteiger partial charge in [-0.1, -0.05) is 44.8 Å². The number of oxime groups is 1. The molecule has 0 saturated carbocycles. The van der Waals surface area contributed by atoms with E-state index in [1.165, 1.54) is 6.07 Å². The molecular formula is C18H9BrClF3N2O3. The van der Waals surface area contributed by atoms with Crippen molar-refractivity contribution in [1.82, 2.24) is 0 Å². The highest BCUT2D eigenvalue weighted by molar-refractivity contribution is 9.10. The van der Waals surface area contributed by atoms with Crippen molar-refractivity contribution in [2.24, 2.45) is 11.1 Å². The van der Waals surface area contributed by atoms with Gasteiger partial charge in [0.15, 0.2) is 0 Å². The predicted octanol–water partition coefficient (Wildman–Crippen LogP) is 4.41. The second kappa shape index (κ2) is 6.59. The van der Waals surface area contributed by atoms with Crippen LogP contribution in [0, 0.1) is 5.92 Å². The van der Waals surface area contributed by atoms with Crippen LogP contribution >= 0.6 is 27.5 Å². The Kier molecular flexibility index (Phi) is 4.46. The number of halogens is 5. The van der Waals surface area contributed by atoms with E-state index in [2.05, 4.69) is 21.1 Å². The highest BCUT2D eigenvalue weighted by atomic mass is 79.9. The van der Waals surface area contributed by atoms with Gasteiger partial charge in [0, 0.05) is 10.0 Å². The maximum absolute atomic E-state index is 13.1. The van der Waals surface area contributed by atoms with E-state index >= 15 is 0 Å². The number of hydrogen-bond acceptors (Lipinski definition) is 4. The maximum Gasteiger partial charge on any atom is 0.417 e. The number of hydrogen-bond donors (Lipinski definition) is 0. The van der Waals surface area contributed by atoms with Crippen molar-refractivity contribution in [3.8, 4) is 0 Å². The maximum atomic E-state index is 13.1. The minimum Gasteiger partial charge on any atom is -0.381 e. The molecule has 2 atom stereocenters. The number of nitrogens with zero attached hydrogens (tertiary/aromatic N) is 2. The van der Waals surface area contributed by atoms with Crippen LogP contribution in [0.15, 0.2) is 52.1 Å². The van der Waals surface area contributed by atoms with Gasteiger partial charge in [-0.3, -0.25) is 9.59 Å². The van der Waals surface area contributed by atoms with E-state index in [0.29, 0.717) is 16.5 Å². The summed E-state index contributed by atoms with van der Waals surface area (Å²) in [6.45, 7) is 0. The summed E-state index contributed by atoms with van der Waals surface area (Å²) in [5.41, 5.74) is -0.527. The van der Waals surface area contributed by atoms with Gasteiger partial charge in [-0.15, -0.1) is 0 Å².